The molecule has 20 nitrogen and oxygen atoms in total. The van der Waals surface area contributed by atoms with Crippen molar-refractivity contribution in [3.63, 3.8) is 0 Å². The van der Waals surface area contributed by atoms with Crippen molar-refractivity contribution in [1.82, 2.24) is 0 Å². The summed E-state index contributed by atoms with van der Waals surface area (Å²) in [6.07, 6.45) is 5.48. The molecule has 2 fully saturated rings. The molecule has 3 aliphatic rings. The fraction of sp³-hybridized carbons (Fsp3) is 0.593. The predicted octanol–water partition coefficient (Wildman–Crippen LogP) is 3.56. The number of anilines is 1. The van der Waals surface area contributed by atoms with E-state index in [1.165, 1.54) is 13.0 Å². The van der Waals surface area contributed by atoms with E-state index in [-0.39, 0.29) is 80.7 Å². The second kappa shape index (κ2) is 33.0. The fourth-order valence-electron chi connectivity index (χ4n) is 10.1. The van der Waals surface area contributed by atoms with Gasteiger partial charge >= 0.3 is 11.9 Å². The molecule has 14 N–H and O–H groups in total. The number of esters is 1. The molecule has 0 unspecified atom stereocenters. The van der Waals surface area contributed by atoms with Crippen LogP contribution in [-0.2, 0) is 33.3 Å². The van der Waals surface area contributed by atoms with Crippen molar-refractivity contribution in [2.24, 2.45) is 29.4 Å². The van der Waals surface area contributed by atoms with Crippen LogP contribution in [0.15, 0.2) is 109 Å². The number of aliphatic hydroxyl groups excluding tert-OH is 8. The lowest BCUT2D eigenvalue weighted by Crippen LogP contribution is -2.61. The van der Waals surface area contributed by atoms with E-state index in [4.69, 9.17) is 30.4 Å². The van der Waals surface area contributed by atoms with Gasteiger partial charge in [-0.2, -0.15) is 0 Å². The molecule has 4 rings (SSSR count). The van der Waals surface area contributed by atoms with Crippen LogP contribution in [0.5, 0.6) is 0 Å². The second-order valence-corrected chi connectivity index (χ2v) is 21.6. The number of benzene rings is 1. The van der Waals surface area contributed by atoms with E-state index < -0.39 is 128 Å². The van der Waals surface area contributed by atoms with E-state index in [1.807, 2.05) is 32.9 Å². The van der Waals surface area contributed by atoms with Crippen molar-refractivity contribution >= 4 is 29.2 Å². The third-order valence-corrected chi connectivity index (χ3v) is 14.5. The molecular formula is C59H86N2O18. The standard InChI is InChI=1S/C59H86N2O18/c1-35-18-15-13-11-9-7-5-6-8-10-12-14-16-21-46(77-58-55(72)53(61)54(71)38(4)76-58)31-50-52(57(73)74)49(69)34-59(75,79-50)33-45(66)29-44(65)28-43(64)27-41(62)19-17-20-42(63)30-51(70)78-56(35)37(3)26-36(2)47(67)32-48(68)39-22-24-40(60)25-23-39/h5-16,18,21-25,35-38,42-47,49-50,52-56,58,63-67,69,71-72,75H,17,19-20,26-34,60-61H2,1-4H3,(H,73,74)/b6-5+,9-7+,10-8+,13-11+,14-12+,18-15+,21-16+/t35-,36-,37-,38+,42+,43-,44-,45-,46-,47-,49-,50-,52+,53-,54+,55-,56-,58-,59+/m0/s1. The highest BCUT2D eigenvalue weighted by Crippen LogP contribution is 2.38. The number of cyclic esters (lactones) is 1. The van der Waals surface area contributed by atoms with Crippen LogP contribution < -0.4 is 11.5 Å². The Morgan fingerprint density at radius 2 is 1.34 bits per heavy atom. The third kappa shape index (κ3) is 22.8. The van der Waals surface area contributed by atoms with Crippen molar-refractivity contribution in [3.8, 4) is 0 Å². The molecule has 0 radical (unpaired) electrons. The number of Topliss-reactive ketones (excluding diaryl/α,β-unsaturated/α-hetero) is 2. The monoisotopic (exact) mass is 1110 g/mol. The Kier molecular flexibility index (Phi) is 27.8. The lowest BCUT2D eigenvalue weighted by molar-refractivity contribution is -0.308. The zero-order valence-corrected chi connectivity index (χ0v) is 45.7. The summed E-state index contributed by atoms with van der Waals surface area (Å²) in [7, 11) is 0. The molecule has 2 bridgehead atoms. The van der Waals surface area contributed by atoms with E-state index >= 15 is 0 Å². The Labute approximate surface area is 463 Å². The molecular weight excluding hydrogens is 1020 g/mol. The first kappa shape index (κ1) is 66.5. The minimum atomic E-state index is -2.32. The number of aliphatic carboxylic acids is 1. The van der Waals surface area contributed by atoms with Gasteiger partial charge in [0.05, 0.1) is 73.5 Å². The maximum Gasteiger partial charge on any atom is 0.311 e. The Morgan fingerprint density at radius 1 is 0.759 bits per heavy atom. The van der Waals surface area contributed by atoms with Crippen LogP contribution >= 0.6 is 0 Å². The number of carbonyl (C=O) groups is 4. The largest absolute Gasteiger partial charge is 0.481 e. The minimum absolute atomic E-state index is 0.0582. The Hall–Kier alpha value is -5.04. The molecule has 20 heteroatoms. The predicted molar refractivity (Wildman–Crippen MR) is 293 cm³/mol. The van der Waals surface area contributed by atoms with E-state index in [0.717, 1.165) is 0 Å². The summed E-state index contributed by atoms with van der Waals surface area (Å²) in [4.78, 5) is 51.7. The van der Waals surface area contributed by atoms with Gasteiger partial charge < -0.3 is 81.5 Å². The highest BCUT2D eigenvalue weighted by Gasteiger charge is 2.51. The lowest BCUT2D eigenvalue weighted by atomic mass is 9.82. The number of carboxylic acids is 1. The van der Waals surface area contributed by atoms with E-state index in [2.05, 4.69) is 0 Å². The average Bonchev–Trinajstić information content (AvgIpc) is 3.40. The van der Waals surface area contributed by atoms with Crippen molar-refractivity contribution in [2.75, 3.05) is 5.73 Å². The maximum absolute atomic E-state index is 13.4. The maximum atomic E-state index is 13.4. The van der Waals surface area contributed by atoms with Crippen molar-refractivity contribution in [1.29, 1.82) is 0 Å². The molecule has 1 aromatic carbocycles. The molecule has 2 saturated heterocycles. The SMILES string of the molecule is C[C@H]1/C=C/C=C/C=C/C=C/C=C/C=C/C=C/[C@H](O[C@@H]2O[C@H](C)[C@@H](O)[C@H](N)[C@@H]2O)C[C@@H]2O[C@](O)(C[C@@H](O)C[C@@H](O)C[C@@H](O)CC(=O)CCC[C@@H](O)CC(=O)O[C@@H]1[C@@H](C)C[C@H](C)[C@@H](O)CC(=O)c1ccc(N)cc1)C[C@H](O)[C@H]2C(=O)O. The number of nitrogen functional groups attached to an aromatic ring is 1. The molecule has 0 amide bonds. The first-order chi connectivity index (χ1) is 37.4. The molecule has 0 saturated carbocycles. The highest BCUT2D eigenvalue weighted by molar-refractivity contribution is 5.96. The van der Waals surface area contributed by atoms with Crippen LogP contribution in [0.2, 0.25) is 0 Å². The number of carboxylic acid groups (broad SMARTS) is 1. The first-order valence-corrected chi connectivity index (χ1v) is 27.3. The highest BCUT2D eigenvalue weighted by atomic mass is 16.7. The van der Waals surface area contributed by atoms with E-state index in [1.54, 1.807) is 91.1 Å². The minimum Gasteiger partial charge on any atom is -0.481 e. The van der Waals surface area contributed by atoms with Gasteiger partial charge in [0.25, 0.3) is 0 Å². The number of nitrogens with two attached hydrogens (primary N) is 2. The number of carbonyl (C=O) groups excluding carboxylic acids is 3. The van der Waals surface area contributed by atoms with Gasteiger partial charge in [-0.1, -0.05) is 106 Å². The topological polar surface area (TPSA) is 360 Å². The average molecular weight is 1110 g/mol. The number of ketones is 2. The number of hydrogen-bond donors (Lipinski definition) is 12. The van der Waals surface area contributed by atoms with Crippen molar-refractivity contribution < 1.29 is 89.2 Å². The van der Waals surface area contributed by atoms with Crippen LogP contribution in [-0.4, -0.2) is 166 Å². The van der Waals surface area contributed by atoms with Crippen LogP contribution in [0.1, 0.15) is 115 Å². The van der Waals surface area contributed by atoms with Crippen LogP contribution in [0.4, 0.5) is 5.69 Å². The number of aliphatic hydroxyl groups is 9. The van der Waals surface area contributed by atoms with Crippen molar-refractivity contribution in [3.05, 3.63) is 115 Å². The molecule has 19 atom stereocenters. The Bertz CT molecular complexity index is 2280. The fourth-order valence-corrected chi connectivity index (χ4v) is 10.1. The van der Waals surface area contributed by atoms with Crippen LogP contribution in [0.25, 0.3) is 0 Å². The van der Waals surface area contributed by atoms with Gasteiger partial charge in [0.1, 0.15) is 23.9 Å². The molecule has 1 aromatic rings. The summed E-state index contributed by atoms with van der Waals surface area (Å²) in [5.74, 6) is -7.63. The van der Waals surface area contributed by atoms with Gasteiger partial charge in [-0.3, -0.25) is 19.2 Å². The molecule has 0 aromatic heterocycles. The lowest BCUT2D eigenvalue weighted by Gasteiger charge is -2.45. The number of fused-ring (bicyclic) bond motifs is 2. The number of hydrogen-bond acceptors (Lipinski definition) is 19. The summed E-state index contributed by atoms with van der Waals surface area (Å²) >= 11 is 0. The molecule has 0 aliphatic carbocycles. The smallest absolute Gasteiger partial charge is 0.311 e. The molecule has 440 valence electrons. The van der Waals surface area contributed by atoms with Gasteiger partial charge in [-0.15, -0.1) is 0 Å². The van der Waals surface area contributed by atoms with Gasteiger partial charge in [0.15, 0.2) is 17.9 Å². The number of rotatable bonds is 10. The van der Waals surface area contributed by atoms with E-state index in [9.17, 15) is 70.2 Å². The van der Waals surface area contributed by atoms with Crippen molar-refractivity contribution in [2.45, 2.75) is 196 Å². The van der Waals surface area contributed by atoms with Gasteiger partial charge in [-0.25, -0.2) is 0 Å². The summed E-state index contributed by atoms with van der Waals surface area (Å²) < 4.78 is 23.8. The van der Waals surface area contributed by atoms with Gasteiger partial charge in [0.2, 0.25) is 0 Å². The first-order valence-electron chi connectivity index (χ1n) is 27.3. The molecule has 79 heavy (non-hydrogen) atoms. The summed E-state index contributed by atoms with van der Waals surface area (Å²) in [6, 6.07) is 5.30. The van der Waals surface area contributed by atoms with E-state index in [0.29, 0.717) is 17.7 Å². The Balaban J connectivity index is 1.53. The normalized spacial score (nSPS) is 37.9. The summed E-state index contributed by atoms with van der Waals surface area (Å²) in [5.41, 5.74) is 12.8. The van der Waals surface area contributed by atoms with Crippen LogP contribution in [0.3, 0.4) is 0 Å². The van der Waals surface area contributed by atoms with Gasteiger partial charge in [0, 0.05) is 55.7 Å². The molecule has 0 spiro atoms. The quantitative estimate of drug-likeness (QED) is 0.0905. The number of ether oxygens (including phenoxy) is 4. The molecule has 3 aliphatic heterocycles. The molecule has 3 heterocycles. The summed E-state index contributed by atoms with van der Waals surface area (Å²) in [6.45, 7) is 7.13. The number of allylic oxidation sites excluding steroid dienone is 12. The zero-order valence-electron chi connectivity index (χ0n) is 45.7. The van der Waals surface area contributed by atoms with Crippen LogP contribution in [0, 0.1) is 23.7 Å². The van der Waals surface area contributed by atoms with Gasteiger partial charge in [-0.05, 0) is 75.1 Å². The zero-order chi connectivity index (χ0) is 58.4. The second-order valence-electron chi connectivity index (χ2n) is 21.6. The Morgan fingerprint density at radius 3 is 1.95 bits per heavy atom. The summed E-state index contributed by atoms with van der Waals surface area (Å²) in [5, 5.41) is 109. The third-order valence-electron chi connectivity index (χ3n) is 14.5.